The van der Waals surface area contributed by atoms with Crippen LogP contribution in [0.4, 0.5) is 0 Å². The van der Waals surface area contributed by atoms with Crippen molar-refractivity contribution in [2.24, 2.45) is 5.73 Å². The highest BCUT2D eigenvalue weighted by atomic mass is 79.9. The Hall–Kier alpha value is -0.760. The van der Waals surface area contributed by atoms with Crippen molar-refractivity contribution in [2.75, 3.05) is 6.61 Å². The molecule has 0 saturated heterocycles. The maximum atomic E-state index is 8.91. The van der Waals surface area contributed by atoms with Crippen molar-refractivity contribution in [1.29, 1.82) is 5.26 Å². The maximum Gasteiger partial charge on any atom is 0.141 e. The number of halogens is 2. The highest BCUT2D eigenvalue weighted by Gasteiger charge is 2.21. The summed E-state index contributed by atoms with van der Waals surface area (Å²) in [5.41, 5.74) is 7.39. The molecule has 0 unspecified atom stereocenters. The van der Waals surface area contributed by atoms with Crippen molar-refractivity contribution in [2.45, 2.75) is 12.5 Å². The fourth-order valence-electron chi connectivity index (χ4n) is 1.58. The fraction of sp³-hybridized carbons (Fsp3) is 0.300. The molecule has 15 heavy (non-hydrogen) atoms. The van der Waals surface area contributed by atoms with Crippen LogP contribution in [0.3, 0.4) is 0 Å². The lowest BCUT2D eigenvalue weighted by atomic mass is 9.99. The number of ether oxygens (including phenoxy) is 1. The first-order valence-electron chi connectivity index (χ1n) is 4.34. The molecule has 80 valence electrons. The van der Waals surface area contributed by atoms with E-state index in [9.17, 15) is 0 Å². The molecule has 2 rings (SSSR count). The minimum atomic E-state index is -0.0247. The summed E-state index contributed by atoms with van der Waals surface area (Å²) < 4.78 is 6.32. The second kappa shape index (κ2) is 4.84. The van der Waals surface area contributed by atoms with Gasteiger partial charge >= 0.3 is 0 Å². The number of nitrogens with zero attached hydrogens (tertiary/aromatic N) is 1. The van der Waals surface area contributed by atoms with E-state index in [4.69, 9.17) is 15.7 Å². The van der Waals surface area contributed by atoms with Crippen LogP contribution in [0.1, 0.15) is 23.6 Å². The number of nitrogens with two attached hydrogens (primary N) is 1. The van der Waals surface area contributed by atoms with Crippen LogP contribution in [0.5, 0.6) is 5.75 Å². The minimum Gasteiger partial charge on any atom is -0.492 e. The Labute approximate surface area is 103 Å². The molecule has 1 aliphatic heterocycles. The van der Waals surface area contributed by atoms with Crippen LogP contribution >= 0.6 is 28.3 Å². The number of rotatable bonds is 0. The number of fused-ring (bicyclic) bond motifs is 1. The van der Waals surface area contributed by atoms with Crippen LogP contribution < -0.4 is 10.5 Å². The lowest BCUT2D eigenvalue weighted by molar-refractivity contribution is 0.268. The van der Waals surface area contributed by atoms with Crippen molar-refractivity contribution in [3.8, 4) is 11.8 Å². The van der Waals surface area contributed by atoms with Crippen molar-refractivity contribution in [3.63, 3.8) is 0 Å². The van der Waals surface area contributed by atoms with Gasteiger partial charge in [-0.25, -0.2) is 0 Å². The third kappa shape index (κ3) is 2.25. The van der Waals surface area contributed by atoms with Crippen molar-refractivity contribution in [1.82, 2.24) is 0 Å². The van der Waals surface area contributed by atoms with Gasteiger partial charge in [-0.05, 0) is 12.1 Å². The molecule has 1 atom stereocenters. The molecule has 0 aliphatic carbocycles. The molecular formula is C10H10BrClN2O. The van der Waals surface area contributed by atoms with Gasteiger partial charge in [0.2, 0.25) is 0 Å². The van der Waals surface area contributed by atoms with Gasteiger partial charge in [0.25, 0.3) is 0 Å². The van der Waals surface area contributed by atoms with E-state index in [2.05, 4.69) is 22.0 Å². The van der Waals surface area contributed by atoms with Gasteiger partial charge in [0.15, 0.2) is 0 Å². The minimum absolute atomic E-state index is 0. The molecule has 5 heteroatoms. The van der Waals surface area contributed by atoms with Gasteiger partial charge in [-0.15, -0.1) is 12.4 Å². The van der Waals surface area contributed by atoms with Crippen LogP contribution in [0.25, 0.3) is 0 Å². The molecule has 0 fully saturated rings. The number of benzene rings is 1. The Kier molecular flexibility index (Phi) is 3.97. The van der Waals surface area contributed by atoms with Gasteiger partial charge in [0, 0.05) is 22.5 Å². The first-order valence-corrected chi connectivity index (χ1v) is 5.13. The quantitative estimate of drug-likeness (QED) is 0.798. The summed E-state index contributed by atoms with van der Waals surface area (Å²) >= 11 is 3.35. The Morgan fingerprint density at radius 3 is 2.93 bits per heavy atom. The predicted molar refractivity (Wildman–Crippen MR) is 63.1 cm³/mol. The van der Waals surface area contributed by atoms with Gasteiger partial charge in [-0.2, -0.15) is 5.26 Å². The topological polar surface area (TPSA) is 59.0 Å². The van der Waals surface area contributed by atoms with E-state index >= 15 is 0 Å². The molecular weight excluding hydrogens is 279 g/mol. The number of hydrogen-bond acceptors (Lipinski definition) is 3. The highest BCUT2D eigenvalue weighted by Crippen LogP contribution is 2.35. The smallest absolute Gasteiger partial charge is 0.141 e. The molecule has 3 nitrogen and oxygen atoms in total. The fourth-order valence-corrected chi connectivity index (χ4v) is 2.05. The second-order valence-corrected chi connectivity index (χ2v) is 4.14. The average molecular weight is 290 g/mol. The van der Waals surface area contributed by atoms with Gasteiger partial charge in [0.05, 0.1) is 12.2 Å². The van der Waals surface area contributed by atoms with Crippen LogP contribution in [0.2, 0.25) is 0 Å². The molecule has 0 amide bonds. The first kappa shape index (κ1) is 12.3. The van der Waals surface area contributed by atoms with E-state index in [0.717, 1.165) is 16.5 Å². The summed E-state index contributed by atoms with van der Waals surface area (Å²) in [4.78, 5) is 0. The lowest BCUT2D eigenvalue weighted by Gasteiger charge is -2.23. The van der Waals surface area contributed by atoms with Gasteiger partial charge in [0.1, 0.15) is 11.8 Å². The Bertz CT molecular complexity index is 417. The van der Waals surface area contributed by atoms with Gasteiger partial charge in [-0.3, -0.25) is 0 Å². The van der Waals surface area contributed by atoms with Crippen molar-refractivity contribution >= 4 is 28.3 Å². The van der Waals surface area contributed by atoms with Crippen LogP contribution in [0.15, 0.2) is 16.6 Å². The predicted octanol–water partition coefficient (Wildman–Crippen LogP) is 2.52. The van der Waals surface area contributed by atoms with E-state index in [1.807, 2.05) is 6.07 Å². The van der Waals surface area contributed by atoms with Crippen LogP contribution in [-0.4, -0.2) is 6.61 Å². The maximum absolute atomic E-state index is 8.91. The molecule has 1 heterocycles. The zero-order valence-electron chi connectivity index (χ0n) is 7.87. The average Bonchev–Trinajstić information content (AvgIpc) is 2.18. The van der Waals surface area contributed by atoms with Crippen LogP contribution in [-0.2, 0) is 0 Å². The summed E-state index contributed by atoms with van der Waals surface area (Å²) in [6.07, 6.45) is 0.800. The molecule has 1 aromatic rings. The van der Waals surface area contributed by atoms with Crippen molar-refractivity contribution < 1.29 is 4.74 Å². The molecule has 0 aromatic heterocycles. The first-order chi connectivity index (χ1) is 6.72. The summed E-state index contributed by atoms with van der Waals surface area (Å²) in [5, 5.41) is 8.91. The molecule has 1 aliphatic rings. The summed E-state index contributed by atoms with van der Waals surface area (Å²) in [7, 11) is 0. The Balaban J connectivity index is 0.00000112. The zero-order valence-corrected chi connectivity index (χ0v) is 10.3. The molecule has 1 aromatic carbocycles. The lowest BCUT2D eigenvalue weighted by Crippen LogP contribution is -2.21. The summed E-state index contributed by atoms with van der Waals surface area (Å²) in [5.74, 6) is 0.648. The number of hydrogen-bond donors (Lipinski definition) is 1. The van der Waals surface area contributed by atoms with Gasteiger partial charge < -0.3 is 10.5 Å². The van der Waals surface area contributed by atoms with E-state index in [1.54, 1.807) is 6.07 Å². The van der Waals surface area contributed by atoms with Crippen LogP contribution in [0, 0.1) is 11.3 Å². The second-order valence-electron chi connectivity index (χ2n) is 3.23. The Morgan fingerprint density at radius 1 is 1.53 bits per heavy atom. The van der Waals surface area contributed by atoms with E-state index < -0.39 is 0 Å². The standard InChI is InChI=1S/C10H9BrN2O.ClH/c11-7-3-6(5-12)10-8(4-7)9(13)1-2-14-10;/h3-4,9H,1-2,13H2;1H/t9-;/m0./s1. The Morgan fingerprint density at radius 2 is 2.27 bits per heavy atom. The largest absolute Gasteiger partial charge is 0.492 e. The van der Waals surface area contributed by atoms with E-state index in [-0.39, 0.29) is 18.4 Å². The van der Waals surface area contributed by atoms with Crippen molar-refractivity contribution in [3.05, 3.63) is 27.7 Å². The third-order valence-electron chi connectivity index (χ3n) is 2.28. The third-order valence-corrected chi connectivity index (χ3v) is 2.74. The molecule has 0 spiro atoms. The highest BCUT2D eigenvalue weighted by molar-refractivity contribution is 9.10. The molecule has 0 bridgehead atoms. The molecule has 0 saturated carbocycles. The summed E-state index contributed by atoms with van der Waals surface area (Å²) in [6, 6.07) is 5.74. The normalized spacial score (nSPS) is 18.1. The monoisotopic (exact) mass is 288 g/mol. The van der Waals surface area contributed by atoms with E-state index in [0.29, 0.717) is 17.9 Å². The van der Waals surface area contributed by atoms with E-state index in [1.165, 1.54) is 0 Å². The van der Waals surface area contributed by atoms with Gasteiger partial charge in [-0.1, -0.05) is 15.9 Å². The zero-order chi connectivity index (χ0) is 10.1. The molecule has 0 radical (unpaired) electrons. The SMILES string of the molecule is Cl.N#Cc1cc(Br)cc2c1OCC[C@@H]2N. The molecule has 2 N–H and O–H groups in total. The number of nitriles is 1. The summed E-state index contributed by atoms with van der Waals surface area (Å²) in [6.45, 7) is 0.588.